The van der Waals surface area contributed by atoms with E-state index >= 15 is 0 Å². The van der Waals surface area contributed by atoms with Gasteiger partial charge in [0.2, 0.25) is 0 Å². The average molecular weight is 429 g/mol. The number of hydrogen-bond donors (Lipinski definition) is 1. The number of nitrogens with zero attached hydrogens (tertiary/aromatic N) is 3. The number of anilines is 1. The zero-order valence-electron chi connectivity index (χ0n) is 16.1. The fourth-order valence-corrected chi connectivity index (χ4v) is 3.21. The largest absolute Gasteiger partial charge is 0.497 e. The van der Waals surface area contributed by atoms with E-state index in [0.717, 1.165) is 5.56 Å². The number of aryl methyl sites for hydroxylation is 1. The molecule has 3 aromatic rings. The van der Waals surface area contributed by atoms with Crippen LogP contribution >= 0.6 is 11.6 Å². The molecule has 0 fully saturated rings. The number of nitriles is 1. The Morgan fingerprint density at radius 1 is 1.27 bits per heavy atom. The van der Waals surface area contributed by atoms with Gasteiger partial charge in [-0.3, -0.25) is 9.59 Å². The van der Waals surface area contributed by atoms with E-state index in [1.165, 1.54) is 33.5 Å². The lowest BCUT2D eigenvalue weighted by molar-refractivity contribution is 0.101. The van der Waals surface area contributed by atoms with Gasteiger partial charge < -0.3 is 19.2 Å². The molecule has 0 unspecified atom stereocenters. The highest BCUT2D eigenvalue weighted by Gasteiger charge is 2.20. The van der Waals surface area contributed by atoms with Crippen molar-refractivity contribution in [1.29, 1.82) is 5.26 Å². The molecule has 0 atom stereocenters. The molecule has 0 aliphatic rings. The van der Waals surface area contributed by atoms with E-state index in [1.807, 2.05) is 18.2 Å². The van der Waals surface area contributed by atoms with E-state index in [9.17, 15) is 19.2 Å². The fraction of sp³-hybridized carbons (Fsp3) is 0.190. The molecule has 30 heavy (non-hydrogen) atoms. The summed E-state index contributed by atoms with van der Waals surface area (Å²) in [5.41, 5.74) is 1.11. The maximum Gasteiger partial charge on any atom is 0.272 e. The van der Waals surface area contributed by atoms with Crippen molar-refractivity contribution in [2.24, 2.45) is 0 Å². The van der Waals surface area contributed by atoms with E-state index in [-0.39, 0.29) is 35.1 Å². The fourth-order valence-electron chi connectivity index (χ4n) is 2.96. The summed E-state index contributed by atoms with van der Waals surface area (Å²) in [4.78, 5) is 24.6. The first kappa shape index (κ1) is 21.1. The highest BCUT2D eigenvalue weighted by Crippen LogP contribution is 2.24. The van der Waals surface area contributed by atoms with Gasteiger partial charge in [-0.25, -0.2) is 4.39 Å². The Bertz CT molecular complexity index is 1160. The van der Waals surface area contributed by atoms with Crippen molar-refractivity contribution in [3.05, 3.63) is 81.0 Å². The van der Waals surface area contributed by atoms with Gasteiger partial charge in [-0.15, -0.1) is 0 Å². The van der Waals surface area contributed by atoms with Gasteiger partial charge >= 0.3 is 0 Å². The Morgan fingerprint density at radius 3 is 2.63 bits per heavy atom. The summed E-state index contributed by atoms with van der Waals surface area (Å²) < 4.78 is 20.4. The zero-order valence-corrected chi connectivity index (χ0v) is 16.8. The Morgan fingerprint density at radius 2 is 2.00 bits per heavy atom. The lowest BCUT2D eigenvalue weighted by Gasteiger charge is -2.12. The first-order valence-electron chi connectivity index (χ1n) is 8.96. The van der Waals surface area contributed by atoms with Crippen molar-refractivity contribution in [2.45, 2.75) is 13.1 Å². The number of methoxy groups -OCH3 is 1. The van der Waals surface area contributed by atoms with E-state index in [1.54, 1.807) is 19.2 Å². The summed E-state index contributed by atoms with van der Waals surface area (Å²) in [6.07, 6.45) is 1.36. The van der Waals surface area contributed by atoms with Crippen LogP contribution in [0.2, 0.25) is 5.02 Å². The van der Waals surface area contributed by atoms with Crippen LogP contribution in [0.1, 0.15) is 21.7 Å². The Balaban J connectivity index is 1.91. The Hall–Kier alpha value is -3.57. The number of rotatable bonds is 7. The standard InChI is InChI=1S/C21H18ClFN4O3/c1-30-16-5-2-14(3-6-16)12-27-18(10-17(22)19(27)11-24)21(29)25-15-4-7-20(28)26(13-15)9-8-23/h2-7,10,13H,8-9,12H2,1H3,(H,25,29). The van der Waals surface area contributed by atoms with Crippen LogP contribution < -0.4 is 15.6 Å². The lowest BCUT2D eigenvalue weighted by atomic mass is 10.2. The van der Waals surface area contributed by atoms with Crippen molar-refractivity contribution in [3.8, 4) is 11.8 Å². The summed E-state index contributed by atoms with van der Waals surface area (Å²) in [7, 11) is 1.56. The SMILES string of the molecule is COc1ccc(Cn2c(C(=O)Nc3ccc(=O)n(CCF)c3)cc(Cl)c2C#N)cc1. The molecule has 0 saturated heterocycles. The van der Waals surface area contributed by atoms with Gasteiger partial charge in [0.05, 0.1) is 24.4 Å². The predicted molar refractivity (Wildman–Crippen MR) is 111 cm³/mol. The molecule has 0 radical (unpaired) electrons. The summed E-state index contributed by atoms with van der Waals surface area (Å²) in [5, 5.41) is 12.3. The van der Waals surface area contributed by atoms with Gasteiger partial charge in [0, 0.05) is 18.8 Å². The van der Waals surface area contributed by atoms with E-state index in [2.05, 4.69) is 5.32 Å². The van der Waals surface area contributed by atoms with Gasteiger partial charge in [0.1, 0.15) is 29.9 Å². The number of halogens is 2. The second-order valence-electron chi connectivity index (χ2n) is 6.36. The second kappa shape index (κ2) is 9.29. The van der Waals surface area contributed by atoms with Gasteiger partial charge in [-0.1, -0.05) is 23.7 Å². The minimum absolute atomic E-state index is 0.110. The number of nitrogens with one attached hydrogen (secondary N) is 1. The first-order valence-corrected chi connectivity index (χ1v) is 9.34. The molecule has 3 rings (SSSR count). The van der Waals surface area contributed by atoms with Crippen LogP contribution in [0.5, 0.6) is 5.75 Å². The van der Waals surface area contributed by atoms with Crippen molar-refractivity contribution >= 4 is 23.2 Å². The number of pyridine rings is 1. The highest BCUT2D eigenvalue weighted by molar-refractivity contribution is 6.32. The van der Waals surface area contributed by atoms with Crippen molar-refractivity contribution in [1.82, 2.24) is 9.13 Å². The minimum Gasteiger partial charge on any atom is -0.497 e. The minimum atomic E-state index is -0.705. The van der Waals surface area contributed by atoms with Crippen molar-refractivity contribution < 1.29 is 13.9 Å². The number of aromatic nitrogens is 2. The first-order chi connectivity index (χ1) is 14.5. The topological polar surface area (TPSA) is 89.0 Å². The third-order valence-electron chi connectivity index (χ3n) is 4.46. The van der Waals surface area contributed by atoms with Crippen LogP contribution in [0.25, 0.3) is 0 Å². The van der Waals surface area contributed by atoms with Crippen LogP contribution in [-0.4, -0.2) is 28.8 Å². The number of alkyl halides is 1. The number of hydrogen-bond acceptors (Lipinski definition) is 4. The smallest absolute Gasteiger partial charge is 0.272 e. The molecule has 0 aliphatic carbocycles. The van der Waals surface area contributed by atoms with Crippen LogP contribution in [0, 0.1) is 11.3 Å². The molecule has 154 valence electrons. The third kappa shape index (κ3) is 4.53. The normalized spacial score (nSPS) is 10.5. The summed E-state index contributed by atoms with van der Waals surface area (Å²) >= 11 is 6.17. The van der Waals surface area contributed by atoms with Gasteiger partial charge in [-0.2, -0.15) is 5.26 Å². The van der Waals surface area contributed by atoms with Crippen molar-refractivity contribution in [2.75, 3.05) is 19.1 Å². The highest BCUT2D eigenvalue weighted by atomic mass is 35.5. The summed E-state index contributed by atoms with van der Waals surface area (Å²) in [5.74, 6) is 0.170. The average Bonchev–Trinajstić information content (AvgIpc) is 3.06. The van der Waals surface area contributed by atoms with E-state index < -0.39 is 12.6 Å². The molecule has 2 aromatic heterocycles. The van der Waals surface area contributed by atoms with Crippen LogP contribution in [0.3, 0.4) is 0 Å². The predicted octanol–water partition coefficient (Wildman–Crippen LogP) is 3.45. The van der Waals surface area contributed by atoms with Gasteiger partial charge in [0.25, 0.3) is 11.5 Å². The number of benzene rings is 1. The quantitative estimate of drug-likeness (QED) is 0.624. The lowest BCUT2D eigenvalue weighted by Crippen LogP contribution is -2.22. The number of ether oxygens (including phenoxy) is 1. The molecule has 0 bridgehead atoms. The zero-order chi connectivity index (χ0) is 21.7. The Kier molecular flexibility index (Phi) is 6.54. The number of carbonyl (C=O) groups excluding carboxylic acids is 1. The molecule has 0 aliphatic heterocycles. The van der Waals surface area contributed by atoms with E-state index in [4.69, 9.17) is 16.3 Å². The Labute approximate surface area is 176 Å². The van der Waals surface area contributed by atoms with Crippen LogP contribution in [-0.2, 0) is 13.1 Å². The second-order valence-corrected chi connectivity index (χ2v) is 6.77. The van der Waals surface area contributed by atoms with Gasteiger partial charge in [0.15, 0.2) is 0 Å². The summed E-state index contributed by atoms with van der Waals surface area (Å²) in [6.45, 7) is -0.576. The van der Waals surface area contributed by atoms with Crippen LogP contribution in [0.15, 0.2) is 53.5 Å². The van der Waals surface area contributed by atoms with Crippen LogP contribution in [0.4, 0.5) is 10.1 Å². The molecule has 0 saturated carbocycles. The molecule has 0 spiro atoms. The molecule has 9 heteroatoms. The van der Waals surface area contributed by atoms with Crippen molar-refractivity contribution in [3.63, 3.8) is 0 Å². The molecular weight excluding hydrogens is 411 g/mol. The monoisotopic (exact) mass is 428 g/mol. The molecule has 1 N–H and O–H groups in total. The maximum absolute atomic E-state index is 12.9. The summed E-state index contributed by atoms with van der Waals surface area (Å²) in [6, 6.07) is 13.3. The molecule has 1 amide bonds. The van der Waals surface area contributed by atoms with E-state index in [0.29, 0.717) is 11.4 Å². The number of carbonyl (C=O) groups is 1. The number of amides is 1. The van der Waals surface area contributed by atoms with Gasteiger partial charge in [-0.05, 0) is 29.8 Å². The molecular formula is C21H18ClFN4O3. The third-order valence-corrected chi connectivity index (χ3v) is 4.74. The molecule has 7 nitrogen and oxygen atoms in total. The molecule has 2 heterocycles. The maximum atomic E-state index is 12.9. The molecule has 1 aromatic carbocycles.